The fourth-order valence-electron chi connectivity index (χ4n) is 4.95. The molecule has 2 aliphatic carbocycles. The third-order valence-corrected chi connectivity index (χ3v) is 8.58. The lowest BCUT2D eigenvalue weighted by atomic mass is 9.70. The van der Waals surface area contributed by atoms with Gasteiger partial charge in [0.15, 0.2) is 0 Å². The van der Waals surface area contributed by atoms with Gasteiger partial charge < -0.3 is 8.60 Å². The summed E-state index contributed by atoms with van der Waals surface area (Å²) in [6, 6.07) is 4.44. The maximum Gasteiger partial charge on any atom is 0.355 e. The number of hydrogen-bond donors (Lipinski definition) is 0. The Morgan fingerprint density at radius 1 is 1.29 bits per heavy atom. The van der Waals surface area contributed by atoms with Gasteiger partial charge in [-0.15, -0.1) is 0 Å². The molecule has 1 heterocycles. The topological polar surface area (TPSA) is 90.7 Å². The molecule has 4 rings (SSSR count). The molecule has 1 aromatic carbocycles. The minimum atomic E-state index is -4.03. The van der Waals surface area contributed by atoms with Gasteiger partial charge in [-0.3, -0.25) is 4.79 Å². The number of halogens is 1. The molecule has 6 nitrogen and oxygen atoms in total. The Hall–Kier alpha value is -1.86. The quantitative estimate of drug-likeness (QED) is 0.546. The number of carbonyl (C=O) groups is 1. The van der Waals surface area contributed by atoms with Crippen LogP contribution in [0.5, 0.6) is 5.75 Å². The van der Waals surface area contributed by atoms with Crippen LogP contribution in [0, 0.1) is 23.7 Å². The molecule has 0 amide bonds. The van der Waals surface area contributed by atoms with E-state index in [1.54, 1.807) is 13.0 Å². The summed E-state index contributed by atoms with van der Waals surface area (Å²) in [6.07, 6.45) is 1.86. The number of rotatable bonds is 4. The molecule has 0 radical (unpaired) electrons. The molecule has 2 saturated carbocycles. The Kier molecular flexibility index (Phi) is 4.22. The summed E-state index contributed by atoms with van der Waals surface area (Å²) >= 11 is 5.91. The largest absolute Gasteiger partial charge is 0.421 e. The van der Waals surface area contributed by atoms with Gasteiger partial charge in [0.2, 0.25) is 0 Å². The molecule has 2 bridgehead atoms. The Balaban J connectivity index is 1.66. The molecule has 2 fully saturated rings. The van der Waals surface area contributed by atoms with Gasteiger partial charge >= 0.3 is 15.7 Å². The zero-order valence-corrected chi connectivity index (χ0v) is 17.4. The van der Waals surface area contributed by atoms with Crippen molar-refractivity contribution in [2.45, 2.75) is 40.0 Å². The summed E-state index contributed by atoms with van der Waals surface area (Å²) < 4.78 is 36.1. The van der Waals surface area contributed by atoms with Crippen LogP contribution in [0.4, 0.5) is 0 Å². The average Bonchev–Trinajstić information content (AvgIpc) is 2.93. The summed E-state index contributed by atoms with van der Waals surface area (Å²) in [5.41, 5.74) is -1.22. The van der Waals surface area contributed by atoms with E-state index in [1.165, 1.54) is 12.1 Å². The molecular formula is C20H21ClO6S. The van der Waals surface area contributed by atoms with Gasteiger partial charge in [0, 0.05) is 17.9 Å². The Morgan fingerprint density at radius 2 is 2.00 bits per heavy atom. The van der Waals surface area contributed by atoms with E-state index in [1.807, 2.05) is 13.8 Å². The average molecular weight is 425 g/mol. The van der Waals surface area contributed by atoms with E-state index >= 15 is 0 Å². The van der Waals surface area contributed by atoms with Crippen LogP contribution >= 0.6 is 11.6 Å². The number of hydrogen-bond acceptors (Lipinski definition) is 6. The summed E-state index contributed by atoms with van der Waals surface area (Å²) in [5.74, 6) is -0.0793. The van der Waals surface area contributed by atoms with Gasteiger partial charge in [0.05, 0.1) is 11.2 Å². The maximum atomic E-state index is 12.8. The van der Waals surface area contributed by atoms with Crippen LogP contribution in [-0.4, -0.2) is 20.0 Å². The summed E-state index contributed by atoms with van der Waals surface area (Å²) in [6.45, 7) is 5.63. The number of benzene rings is 1. The van der Waals surface area contributed by atoms with Gasteiger partial charge in [-0.05, 0) is 48.8 Å². The molecule has 2 aromatic rings. The fraction of sp³-hybridized carbons (Fsp3) is 0.500. The lowest BCUT2D eigenvalue weighted by Crippen LogP contribution is -2.43. The molecule has 1 aromatic heterocycles. The number of Topliss-reactive ketones (excluding diaryl/α,β-unsaturated/α-hetero) is 1. The first-order valence-electron chi connectivity index (χ1n) is 9.15. The van der Waals surface area contributed by atoms with Crippen LogP contribution < -0.4 is 9.81 Å². The van der Waals surface area contributed by atoms with Gasteiger partial charge in [0.1, 0.15) is 22.1 Å². The highest BCUT2D eigenvalue weighted by Crippen LogP contribution is 2.64. The summed E-state index contributed by atoms with van der Waals surface area (Å²) in [5, 5.41) is 0.587. The van der Waals surface area contributed by atoms with Crippen LogP contribution in [0.15, 0.2) is 27.4 Å². The smallest absolute Gasteiger partial charge is 0.355 e. The van der Waals surface area contributed by atoms with Crippen LogP contribution in [0.3, 0.4) is 0 Å². The third-order valence-electron chi connectivity index (χ3n) is 6.85. The second kappa shape index (κ2) is 6.07. The molecular weight excluding hydrogens is 404 g/mol. The number of aryl methyl sites for hydroxylation is 1. The van der Waals surface area contributed by atoms with Gasteiger partial charge in [0.25, 0.3) is 0 Å². The zero-order chi connectivity index (χ0) is 20.5. The van der Waals surface area contributed by atoms with Gasteiger partial charge in [-0.2, -0.15) is 8.42 Å². The number of fused-ring (bicyclic) bond motifs is 3. The summed E-state index contributed by atoms with van der Waals surface area (Å²) in [7, 11) is -4.03. The van der Waals surface area contributed by atoms with Crippen molar-refractivity contribution in [3.8, 4) is 5.75 Å². The fourth-order valence-corrected chi connectivity index (χ4v) is 6.83. The zero-order valence-electron chi connectivity index (χ0n) is 15.9. The van der Waals surface area contributed by atoms with Crippen molar-refractivity contribution in [2.75, 3.05) is 5.75 Å². The SMILES string of the molecule is Cc1c(Cl)c(=O)oc2cc(OS(=O)(=O)CC34CCC(CC3=O)C4(C)C)ccc12. The first-order valence-corrected chi connectivity index (χ1v) is 11.1. The predicted octanol–water partition coefficient (Wildman–Crippen LogP) is 3.86. The van der Waals surface area contributed by atoms with E-state index < -0.39 is 21.2 Å². The van der Waals surface area contributed by atoms with Crippen molar-refractivity contribution in [3.05, 3.63) is 39.2 Å². The van der Waals surface area contributed by atoms with Crippen molar-refractivity contribution in [1.29, 1.82) is 0 Å². The first-order chi connectivity index (χ1) is 13.0. The monoisotopic (exact) mass is 424 g/mol. The van der Waals surface area contributed by atoms with Crippen molar-refractivity contribution >= 4 is 38.5 Å². The minimum Gasteiger partial charge on any atom is -0.421 e. The molecule has 28 heavy (non-hydrogen) atoms. The van der Waals surface area contributed by atoms with E-state index in [4.69, 9.17) is 20.2 Å². The molecule has 0 spiro atoms. The predicted molar refractivity (Wildman–Crippen MR) is 105 cm³/mol. The van der Waals surface area contributed by atoms with Crippen LogP contribution in [0.1, 0.15) is 38.7 Å². The van der Waals surface area contributed by atoms with Gasteiger partial charge in [-0.1, -0.05) is 25.4 Å². The van der Waals surface area contributed by atoms with E-state index in [-0.39, 0.29) is 39.2 Å². The van der Waals surface area contributed by atoms with Crippen LogP contribution in [0.25, 0.3) is 11.0 Å². The van der Waals surface area contributed by atoms with Crippen LogP contribution in [-0.2, 0) is 14.9 Å². The molecule has 2 atom stereocenters. The van der Waals surface area contributed by atoms with E-state index in [0.717, 1.165) is 6.42 Å². The van der Waals surface area contributed by atoms with E-state index in [2.05, 4.69) is 0 Å². The number of ketones is 1. The highest BCUT2D eigenvalue weighted by atomic mass is 35.5. The van der Waals surface area contributed by atoms with Crippen molar-refractivity contribution in [2.24, 2.45) is 16.7 Å². The van der Waals surface area contributed by atoms with Crippen molar-refractivity contribution < 1.29 is 21.8 Å². The molecule has 2 aliphatic rings. The molecule has 0 saturated heterocycles. The lowest BCUT2D eigenvalue weighted by molar-refractivity contribution is -0.128. The van der Waals surface area contributed by atoms with Gasteiger partial charge in [-0.25, -0.2) is 4.79 Å². The second-order valence-electron chi connectivity index (χ2n) is 8.44. The van der Waals surface area contributed by atoms with Crippen molar-refractivity contribution in [3.63, 3.8) is 0 Å². The number of carbonyl (C=O) groups excluding carboxylic acids is 1. The Labute approximate surface area is 167 Å². The molecule has 8 heteroatoms. The minimum absolute atomic E-state index is 0.00865. The van der Waals surface area contributed by atoms with E-state index in [0.29, 0.717) is 23.8 Å². The maximum absolute atomic E-state index is 12.8. The normalized spacial score (nSPS) is 26.1. The molecule has 150 valence electrons. The first kappa shape index (κ1) is 19.5. The van der Waals surface area contributed by atoms with E-state index in [9.17, 15) is 18.0 Å². The summed E-state index contributed by atoms with van der Waals surface area (Å²) in [4.78, 5) is 24.4. The molecule has 0 aliphatic heterocycles. The Morgan fingerprint density at radius 3 is 2.61 bits per heavy atom. The standard InChI is InChI=1S/C20H21ClO6S/c1-11-14-5-4-13(9-15(14)26-18(23)17(11)21)27-28(24,25)10-20-7-6-12(8-16(20)22)19(20,2)3/h4-5,9,12H,6-8,10H2,1-3H3. The molecule has 0 N–H and O–H groups in total. The van der Waals surface area contributed by atoms with Crippen molar-refractivity contribution in [1.82, 2.24) is 0 Å². The highest BCUT2D eigenvalue weighted by Gasteiger charge is 2.65. The third kappa shape index (κ3) is 2.70. The lowest BCUT2D eigenvalue weighted by Gasteiger charge is -2.35. The molecule has 2 unspecified atom stereocenters. The van der Waals surface area contributed by atoms with Crippen LogP contribution in [0.2, 0.25) is 5.02 Å². The second-order valence-corrected chi connectivity index (χ2v) is 10.4. The Bertz CT molecular complexity index is 1160. The highest BCUT2D eigenvalue weighted by molar-refractivity contribution is 7.87.